The molecule has 5 heteroatoms. The van der Waals surface area contributed by atoms with Gasteiger partial charge in [-0.25, -0.2) is 4.39 Å². The van der Waals surface area contributed by atoms with E-state index in [2.05, 4.69) is 6.92 Å². The van der Waals surface area contributed by atoms with Crippen LogP contribution in [0.2, 0.25) is 0 Å². The van der Waals surface area contributed by atoms with Crippen molar-refractivity contribution in [3.8, 4) is 16.9 Å². The Morgan fingerprint density at radius 2 is 2.00 bits per heavy atom. The zero-order valence-corrected chi connectivity index (χ0v) is 18.5. The number of methoxy groups -OCH3 is 1. The van der Waals surface area contributed by atoms with E-state index in [1.807, 2.05) is 24.8 Å². The average molecular weight is 422 g/mol. The molecule has 3 aromatic rings. The van der Waals surface area contributed by atoms with Gasteiger partial charge in [0.25, 0.3) is 0 Å². The molecule has 4 nitrogen and oxygen atoms in total. The Kier molecular flexibility index (Phi) is 5.86. The van der Waals surface area contributed by atoms with Crippen molar-refractivity contribution < 1.29 is 18.3 Å². The lowest BCUT2D eigenvalue weighted by Crippen LogP contribution is -2.41. The molecule has 1 saturated heterocycles. The number of carbonyl (C=O) groups excluding carboxylic acids is 1. The van der Waals surface area contributed by atoms with Crippen LogP contribution < -0.4 is 4.74 Å². The normalized spacial score (nSPS) is 17.3. The summed E-state index contributed by atoms with van der Waals surface area (Å²) in [7, 11) is 1.63. The van der Waals surface area contributed by atoms with Crippen molar-refractivity contribution in [2.24, 2.45) is 0 Å². The second-order valence-corrected chi connectivity index (χ2v) is 8.32. The first-order chi connectivity index (χ1) is 14.9. The molecule has 1 amide bonds. The van der Waals surface area contributed by atoms with Gasteiger partial charge in [-0.05, 0) is 69.4 Å². The van der Waals surface area contributed by atoms with Gasteiger partial charge in [-0.1, -0.05) is 12.1 Å². The average Bonchev–Trinajstić information content (AvgIpc) is 3.18. The van der Waals surface area contributed by atoms with Crippen LogP contribution in [-0.4, -0.2) is 30.5 Å². The summed E-state index contributed by atoms with van der Waals surface area (Å²) < 4.78 is 25.0. The first kappa shape index (κ1) is 21.2. The summed E-state index contributed by atoms with van der Waals surface area (Å²) in [5.74, 6) is 0.454. The van der Waals surface area contributed by atoms with E-state index in [1.54, 1.807) is 31.6 Å². The molecule has 1 aliphatic heterocycles. The number of rotatable bonds is 4. The maximum absolute atomic E-state index is 13.4. The van der Waals surface area contributed by atoms with Gasteiger partial charge in [0.05, 0.1) is 13.4 Å². The number of aryl methyl sites for hydroxylation is 1. The fourth-order valence-electron chi connectivity index (χ4n) is 4.50. The van der Waals surface area contributed by atoms with Crippen LogP contribution in [0.3, 0.4) is 0 Å². The number of ether oxygens (including phenoxy) is 1. The highest BCUT2D eigenvalue weighted by Crippen LogP contribution is 2.40. The lowest BCUT2D eigenvalue weighted by atomic mass is 9.96. The largest absolute Gasteiger partial charge is 0.496 e. The molecule has 1 fully saturated rings. The first-order valence-electron chi connectivity index (χ1n) is 10.7. The van der Waals surface area contributed by atoms with Crippen molar-refractivity contribution in [3.63, 3.8) is 0 Å². The molecule has 1 aliphatic rings. The first-order valence-corrected chi connectivity index (χ1v) is 10.7. The molecule has 0 N–H and O–H groups in total. The molecule has 1 aromatic heterocycles. The van der Waals surface area contributed by atoms with Gasteiger partial charge in [0.15, 0.2) is 0 Å². The van der Waals surface area contributed by atoms with Crippen LogP contribution in [-0.2, 0) is 4.79 Å². The molecule has 0 spiro atoms. The summed E-state index contributed by atoms with van der Waals surface area (Å²) in [6, 6.07) is 8.62. The van der Waals surface area contributed by atoms with E-state index in [-0.39, 0.29) is 17.8 Å². The smallest absolute Gasteiger partial charge is 0.247 e. The number of carbonyl (C=O) groups is 1. The minimum absolute atomic E-state index is 0.0375. The van der Waals surface area contributed by atoms with Crippen LogP contribution >= 0.6 is 0 Å². The zero-order valence-electron chi connectivity index (χ0n) is 18.5. The third-order valence-electron chi connectivity index (χ3n) is 6.25. The summed E-state index contributed by atoms with van der Waals surface area (Å²) in [5, 5.41) is 0.909. The van der Waals surface area contributed by atoms with E-state index < -0.39 is 0 Å². The van der Waals surface area contributed by atoms with Crippen LogP contribution in [0.5, 0.6) is 5.75 Å². The molecule has 0 bridgehead atoms. The maximum Gasteiger partial charge on any atom is 0.247 e. The zero-order chi connectivity index (χ0) is 22.1. The summed E-state index contributed by atoms with van der Waals surface area (Å²) in [5.41, 5.74) is 5.05. The number of allylic oxidation sites excluding steroid dienone is 1. The van der Waals surface area contributed by atoms with Crippen LogP contribution in [0.1, 0.15) is 44.2 Å². The molecule has 2 aromatic carbocycles. The highest BCUT2D eigenvalue weighted by molar-refractivity contribution is 6.01. The summed E-state index contributed by atoms with van der Waals surface area (Å²) in [6.45, 7) is 6.80. The fraction of sp³-hybridized carbons (Fsp3) is 0.346. The fourth-order valence-corrected chi connectivity index (χ4v) is 4.50. The van der Waals surface area contributed by atoms with Crippen molar-refractivity contribution >= 4 is 22.4 Å². The highest BCUT2D eigenvalue weighted by Gasteiger charge is 2.23. The number of fused-ring (bicyclic) bond motifs is 1. The van der Waals surface area contributed by atoms with Crippen molar-refractivity contribution in [1.29, 1.82) is 0 Å². The molecule has 4 rings (SSSR count). The summed E-state index contributed by atoms with van der Waals surface area (Å²) in [4.78, 5) is 14.9. The Balaban J connectivity index is 1.80. The lowest BCUT2D eigenvalue weighted by Gasteiger charge is -2.32. The van der Waals surface area contributed by atoms with E-state index in [0.717, 1.165) is 58.2 Å². The van der Waals surface area contributed by atoms with E-state index in [4.69, 9.17) is 9.15 Å². The van der Waals surface area contributed by atoms with Crippen molar-refractivity contribution in [3.05, 3.63) is 59.6 Å². The molecule has 0 saturated carbocycles. The molecule has 0 radical (unpaired) electrons. The molecule has 1 unspecified atom stereocenters. The van der Waals surface area contributed by atoms with Crippen LogP contribution in [0.25, 0.3) is 27.7 Å². The Bertz CT molecular complexity index is 1140. The van der Waals surface area contributed by atoms with Gasteiger partial charge in [-0.3, -0.25) is 4.79 Å². The second-order valence-electron chi connectivity index (χ2n) is 8.32. The topological polar surface area (TPSA) is 42.7 Å². The Morgan fingerprint density at radius 3 is 2.68 bits per heavy atom. The highest BCUT2D eigenvalue weighted by atomic mass is 19.1. The molecule has 31 heavy (non-hydrogen) atoms. The van der Waals surface area contributed by atoms with Crippen LogP contribution in [0.4, 0.5) is 4.39 Å². The molecule has 162 valence electrons. The minimum atomic E-state index is -0.278. The number of furan rings is 1. The Hall–Kier alpha value is -3.08. The Morgan fingerprint density at radius 1 is 1.26 bits per heavy atom. The van der Waals surface area contributed by atoms with Gasteiger partial charge in [0, 0.05) is 40.7 Å². The van der Waals surface area contributed by atoms with Gasteiger partial charge < -0.3 is 14.1 Å². The molecule has 1 atom stereocenters. The van der Waals surface area contributed by atoms with E-state index in [1.165, 1.54) is 18.6 Å². The molecular formula is C26H28FNO3. The van der Waals surface area contributed by atoms with Crippen LogP contribution in [0, 0.1) is 12.7 Å². The second kappa shape index (κ2) is 8.58. The van der Waals surface area contributed by atoms with E-state index >= 15 is 0 Å². The minimum Gasteiger partial charge on any atom is -0.496 e. The van der Waals surface area contributed by atoms with Crippen molar-refractivity contribution in [1.82, 2.24) is 4.90 Å². The number of benzene rings is 2. The van der Waals surface area contributed by atoms with Gasteiger partial charge >= 0.3 is 0 Å². The Labute approximate surface area is 182 Å². The van der Waals surface area contributed by atoms with E-state index in [0.29, 0.717) is 5.75 Å². The quantitative estimate of drug-likeness (QED) is 0.460. The molecule has 2 heterocycles. The third-order valence-corrected chi connectivity index (χ3v) is 6.25. The van der Waals surface area contributed by atoms with Gasteiger partial charge in [-0.2, -0.15) is 0 Å². The van der Waals surface area contributed by atoms with Crippen LogP contribution in [0.15, 0.2) is 47.1 Å². The predicted octanol–water partition coefficient (Wildman–Crippen LogP) is 6.36. The predicted molar refractivity (Wildman–Crippen MR) is 122 cm³/mol. The maximum atomic E-state index is 13.4. The van der Waals surface area contributed by atoms with Gasteiger partial charge in [0.1, 0.15) is 17.1 Å². The molecular weight excluding hydrogens is 393 g/mol. The number of halogens is 1. The van der Waals surface area contributed by atoms with Crippen molar-refractivity contribution in [2.45, 2.75) is 46.1 Å². The number of nitrogens with zero attached hydrogens (tertiary/aromatic N) is 1. The summed E-state index contributed by atoms with van der Waals surface area (Å²) in [6.07, 6.45) is 6.66. The number of piperidine rings is 1. The van der Waals surface area contributed by atoms with Gasteiger partial charge in [0.2, 0.25) is 5.91 Å². The van der Waals surface area contributed by atoms with Gasteiger partial charge in [-0.15, -0.1) is 0 Å². The standard InChI is InChI=1S/C26H28FNO3/c1-16(13-24(29)28-12-6-5-7-17(28)2)21-14-22-23(19-8-10-20(27)11-9-19)15-31-26(22)18(3)25(21)30-4/h8-11,13-15,17H,5-7,12H2,1-4H3/b16-13+. The lowest BCUT2D eigenvalue weighted by molar-refractivity contribution is -0.129. The molecule has 0 aliphatic carbocycles. The van der Waals surface area contributed by atoms with E-state index in [9.17, 15) is 9.18 Å². The number of amides is 1. The third kappa shape index (κ3) is 3.97. The number of hydrogen-bond acceptors (Lipinski definition) is 3. The number of hydrogen-bond donors (Lipinski definition) is 0. The SMILES string of the molecule is COc1c(/C(C)=C/C(=O)N2CCCCC2C)cc2c(-c3ccc(F)cc3)coc2c1C. The number of likely N-dealkylation sites (tertiary alicyclic amines) is 1. The summed E-state index contributed by atoms with van der Waals surface area (Å²) >= 11 is 0. The monoisotopic (exact) mass is 421 g/mol. The van der Waals surface area contributed by atoms with Crippen molar-refractivity contribution in [2.75, 3.05) is 13.7 Å².